The van der Waals surface area contributed by atoms with Gasteiger partial charge < -0.3 is 19.9 Å². The Hall–Kier alpha value is -1.26. The zero-order valence-corrected chi connectivity index (χ0v) is 10.8. The first kappa shape index (κ1) is 13.2. The minimum Gasteiger partial charge on any atom is -0.493 e. The predicted molar refractivity (Wildman–Crippen MR) is 70.2 cm³/mol. The van der Waals surface area contributed by atoms with Gasteiger partial charge in [0.15, 0.2) is 0 Å². The highest BCUT2D eigenvalue weighted by Gasteiger charge is 2.22. The summed E-state index contributed by atoms with van der Waals surface area (Å²) in [6.45, 7) is 1.64. The molecule has 0 spiro atoms. The molecule has 4 nitrogen and oxygen atoms in total. The van der Waals surface area contributed by atoms with Gasteiger partial charge in [-0.05, 0) is 38.4 Å². The van der Waals surface area contributed by atoms with Gasteiger partial charge in [0, 0.05) is 18.2 Å². The monoisotopic (exact) mass is 251 g/mol. The lowest BCUT2D eigenvalue weighted by Gasteiger charge is -2.08. The van der Waals surface area contributed by atoms with Crippen LogP contribution in [-0.2, 0) is 0 Å². The smallest absolute Gasteiger partial charge is 0.127 e. The Morgan fingerprint density at radius 2 is 2.28 bits per heavy atom. The number of rotatable bonds is 7. The number of hydrogen-bond donors (Lipinski definition) is 2. The third-order valence-corrected chi connectivity index (χ3v) is 3.19. The Morgan fingerprint density at radius 1 is 1.39 bits per heavy atom. The third-order valence-electron chi connectivity index (χ3n) is 3.19. The number of benzene rings is 1. The molecule has 2 N–H and O–H groups in total. The summed E-state index contributed by atoms with van der Waals surface area (Å²) < 4.78 is 11.3. The van der Waals surface area contributed by atoms with Crippen LogP contribution in [0.2, 0.25) is 0 Å². The molecule has 1 aliphatic rings. The van der Waals surface area contributed by atoms with Gasteiger partial charge in [0.25, 0.3) is 0 Å². The number of fused-ring (bicyclic) bond motifs is 1. The second-order valence-electron chi connectivity index (χ2n) is 4.48. The van der Waals surface area contributed by atoms with E-state index in [1.54, 1.807) is 0 Å². The van der Waals surface area contributed by atoms with Crippen LogP contribution in [0.15, 0.2) is 18.2 Å². The van der Waals surface area contributed by atoms with Crippen molar-refractivity contribution < 1.29 is 14.6 Å². The lowest BCUT2D eigenvalue weighted by Crippen LogP contribution is -2.17. The molecule has 0 aromatic heterocycles. The van der Waals surface area contributed by atoms with Crippen molar-refractivity contribution in [2.24, 2.45) is 0 Å². The summed E-state index contributed by atoms with van der Waals surface area (Å²) in [5.74, 6) is 1.77. The fourth-order valence-electron chi connectivity index (χ4n) is 2.10. The van der Waals surface area contributed by atoms with Crippen molar-refractivity contribution in [3.05, 3.63) is 23.8 Å². The van der Waals surface area contributed by atoms with Gasteiger partial charge in [-0.1, -0.05) is 0 Å². The van der Waals surface area contributed by atoms with Crippen LogP contribution in [-0.4, -0.2) is 32.0 Å². The summed E-state index contributed by atoms with van der Waals surface area (Å²) in [7, 11) is 1.94. The lowest BCUT2D eigenvalue weighted by molar-refractivity contribution is 0.265. The largest absolute Gasteiger partial charge is 0.493 e. The molecule has 100 valence electrons. The van der Waals surface area contributed by atoms with Crippen molar-refractivity contribution in [1.82, 2.24) is 5.32 Å². The maximum absolute atomic E-state index is 8.67. The van der Waals surface area contributed by atoms with Crippen LogP contribution in [0.1, 0.15) is 30.9 Å². The van der Waals surface area contributed by atoms with Gasteiger partial charge in [-0.3, -0.25) is 0 Å². The van der Waals surface area contributed by atoms with E-state index in [9.17, 15) is 0 Å². The first-order chi connectivity index (χ1) is 8.85. The fraction of sp³-hybridized carbons (Fsp3) is 0.571. The highest BCUT2D eigenvalue weighted by molar-refractivity contribution is 5.44. The molecule has 2 rings (SSSR count). The predicted octanol–water partition coefficient (Wildman–Crippen LogP) is 1.88. The SMILES string of the molecule is CNC1COc2cc(OCCCCCO)ccc21. The molecule has 1 atom stereocenters. The molecule has 0 fully saturated rings. The topological polar surface area (TPSA) is 50.7 Å². The summed E-state index contributed by atoms with van der Waals surface area (Å²) in [6.07, 6.45) is 2.82. The van der Waals surface area contributed by atoms with E-state index in [1.807, 2.05) is 19.2 Å². The van der Waals surface area contributed by atoms with Gasteiger partial charge >= 0.3 is 0 Å². The van der Waals surface area contributed by atoms with E-state index >= 15 is 0 Å². The molecule has 1 aromatic carbocycles. The number of aliphatic hydroxyl groups is 1. The van der Waals surface area contributed by atoms with E-state index < -0.39 is 0 Å². The van der Waals surface area contributed by atoms with Gasteiger partial charge in [0.05, 0.1) is 12.6 Å². The van der Waals surface area contributed by atoms with Crippen molar-refractivity contribution in [3.63, 3.8) is 0 Å². The molecule has 0 radical (unpaired) electrons. The van der Waals surface area contributed by atoms with Gasteiger partial charge in [-0.25, -0.2) is 0 Å². The molecular weight excluding hydrogens is 230 g/mol. The highest BCUT2D eigenvalue weighted by Crippen LogP contribution is 2.34. The molecule has 0 saturated carbocycles. The Bertz CT molecular complexity index is 381. The number of nitrogens with one attached hydrogen (secondary N) is 1. The van der Waals surface area contributed by atoms with Crippen LogP contribution in [0.25, 0.3) is 0 Å². The Morgan fingerprint density at radius 3 is 3.06 bits per heavy atom. The summed E-state index contributed by atoms with van der Waals surface area (Å²) in [5.41, 5.74) is 1.20. The molecular formula is C14H21NO3. The van der Waals surface area contributed by atoms with Crippen LogP contribution < -0.4 is 14.8 Å². The molecule has 1 heterocycles. The van der Waals surface area contributed by atoms with Crippen LogP contribution in [0.3, 0.4) is 0 Å². The average Bonchev–Trinajstić information content (AvgIpc) is 2.80. The van der Waals surface area contributed by atoms with Crippen molar-refractivity contribution >= 4 is 0 Å². The van der Waals surface area contributed by atoms with Crippen molar-refractivity contribution in [2.45, 2.75) is 25.3 Å². The molecule has 4 heteroatoms. The summed E-state index contributed by atoms with van der Waals surface area (Å²) in [4.78, 5) is 0. The molecule has 0 amide bonds. The maximum atomic E-state index is 8.67. The van der Waals surface area contributed by atoms with Gasteiger partial charge in [0.1, 0.15) is 18.1 Å². The molecule has 0 saturated heterocycles. The number of unbranched alkanes of at least 4 members (excludes halogenated alkanes) is 2. The van der Waals surface area contributed by atoms with Gasteiger partial charge in [-0.2, -0.15) is 0 Å². The maximum Gasteiger partial charge on any atom is 0.127 e. The van der Waals surface area contributed by atoms with E-state index in [1.165, 1.54) is 5.56 Å². The summed E-state index contributed by atoms with van der Waals surface area (Å²) in [6, 6.07) is 6.30. The van der Waals surface area contributed by atoms with E-state index in [4.69, 9.17) is 14.6 Å². The van der Waals surface area contributed by atoms with Gasteiger partial charge in [-0.15, -0.1) is 0 Å². The van der Waals surface area contributed by atoms with Crippen LogP contribution in [0, 0.1) is 0 Å². The van der Waals surface area contributed by atoms with Crippen molar-refractivity contribution in [1.29, 1.82) is 0 Å². The second-order valence-corrected chi connectivity index (χ2v) is 4.48. The molecule has 1 unspecified atom stereocenters. The van der Waals surface area contributed by atoms with Crippen LogP contribution >= 0.6 is 0 Å². The molecule has 0 bridgehead atoms. The van der Waals surface area contributed by atoms with Crippen molar-refractivity contribution in [2.75, 3.05) is 26.9 Å². The standard InChI is InChI=1S/C14H21NO3/c1-15-13-10-18-14-9-11(5-6-12(13)14)17-8-4-2-3-7-16/h5-6,9,13,15-16H,2-4,7-8,10H2,1H3. The van der Waals surface area contributed by atoms with E-state index in [0.29, 0.717) is 19.3 Å². The third kappa shape index (κ3) is 3.15. The summed E-state index contributed by atoms with van der Waals surface area (Å²) in [5, 5.41) is 11.9. The fourth-order valence-corrected chi connectivity index (χ4v) is 2.10. The minimum absolute atomic E-state index is 0.262. The zero-order chi connectivity index (χ0) is 12.8. The Balaban J connectivity index is 1.84. The molecule has 0 aliphatic carbocycles. The first-order valence-electron chi connectivity index (χ1n) is 6.53. The van der Waals surface area contributed by atoms with Gasteiger partial charge in [0.2, 0.25) is 0 Å². The Kier molecular flexibility index (Phi) is 4.84. The van der Waals surface area contributed by atoms with Crippen molar-refractivity contribution in [3.8, 4) is 11.5 Å². The normalized spacial score (nSPS) is 17.3. The van der Waals surface area contributed by atoms with Crippen LogP contribution in [0.4, 0.5) is 0 Å². The molecule has 1 aromatic rings. The quantitative estimate of drug-likeness (QED) is 0.727. The number of likely N-dealkylation sites (N-methyl/N-ethyl adjacent to an activating group) is 1. The first-order valence-corrected chi connectivity index (χ1v) is 6.53. The summed E-state index contributed by atoms with van der Waals surface area (Å²) >= 11 is 0. The average molecular weight is 251 g/mol. The van der Waals surface area contributed by atoms with Crippen LogP contribution in [0.5, 0.6) is 11.5 Å². The zero-order valence-electron chi connectivity index (χ0n) is 10.8. The molecule has 18 heavy (non-hydrogen) atoms. The number of ether oxygens (including phenoxy) is 2. The minimum atomic E-state index is 0.262. The van der Waals surface area contributed by atoms with E-state index in [2.05, 4.69) is 11.4 Å². The lowest BCUT2D eigenvalue weighted by atomic mass is 10.1. The van der Waals surface area contributed by atoms with E-state index in [-0.39, 0.29) is 6.61 Å². The highest BCUT2D eigenvalue weighted by atomic mass is 16.5. The van der Waals surface area contributed by atoms with E-state index in [0.717, 1.165) is 30.8 Å². The number of hydrogen-bond acceptors (Lipinski definition) is 4. The molecule has 1 aliphatic heterocycles. The second kappa shape index (κ2) is 6.61. The Labute approximate surface area is 108 Å². The number of aliphatic hydroxyl groups excluding tert-OH is 1.